The SMILES string of the molecule is C=CC(=O)OCC(O)COc1ccc(-c2ncnc(-c3ccccc3C)n2)c(O)c1. The molecule has 154 valence electrons. The summed E-state index contributed by atoms with van der Waals surface area (Å²) in [6.45, 7) is 4.90. The summed E-state index contributed by atoms with van der Waals surface area (Å²) in [5, 5.41) is 20.2. The number of phenols is 1. The smallest absolute Gasteiger partial charge is 0.330 e. The third kappa shape index (κ3) is 5.18. The van der Waals surface area contributed by atoms with E-state index in [1.807, 2.05) is 31.2 Å². The van der Waals surface area contributed by atoms with E-state index in [4.69, 9.17) is 9.47 Å². The molecule has 0 fully saturated rings. The lowest BCUT2D eigenvalue weighted by Gasteiger charge is -2.13. The number of rotatable bonds is 8. The number of carbonyl (C=O) groups excluding carboxylic acids is 1. The third-order valence-corrected chi connectivity index (χ3v) is 4.19. The molecule has 2 N–H and O–H groups in total. The van der Waals surface area contributed by atoms with Gasteiger partial charge in [0.15, 0.2) is 11.6 Å². The lowest BCUT2D eigenvalue weighted by Crippen LogP contribution is -2.24. The minimum absolute atomic E-state index is 0.0815. The second kappa shape index (κ2) is 9.62. The van der Waals surface area contributed by atoms with Crippen LogP contribution in [0.2, 0.25) is 0 Å². The molecule has 0 bridgehead atoms. The summed E-state index contributed by atoms with van der Waals surface area (Å²) in [5.41, 5.74) is 2.33. The van der Waals surface area contributed by atoms with E-state index in [0.29, 0.717) is 23.0 Å². The number of carbonyl (C=O) groups is 1. The van der Waals surface area contributed by atoms with Crippen LogP contribution in [0, 0.1) is 6.92 Å². The van der Waals surface area contributed by atoms with Crippen molar-refractivity contribution in [2.45, 2.75) is 13.0 Å². The van der Waals surface area contributed by atoms with E-state index in [1.165, 1.54) is 12.4 Å². The summed E-state index contributed by atoms with van der Waals surface area (Å²) >= 11 is 0. The van der Waals surface area contributed by atoms with Crippen LogP contribution in [0.5, 0.6) is 11.5 Å². The van der Waals surface area contributed by atoms with Crippen LogP contribution in [0.3, 0.4) is 0 Å². The second-order valence-electron chi connectivity index (χ2n) is 6.43. The number of aryl methyl sites for hydroxylation is 1. The van der Waals surface area contributed by atoms with E-state index in [1.54, 1.807) is 12.1 Å². The van der Waals surface area contributed by atoms with Gasteiger partial charge in [0, 0.05) is 17.7 Å². The molecule has 0 aliphatic heterocycles. The number of aliphatic hydroxyl groups is 1. The first-order valence-electron chi connectivity index (χ1n) is 9.16. The molecule has 1 unspecified atom stereocenters. The van der Waals surface area contributed by atoms with Crippen LogP contribution in [0.4, 0.5) is 0 Å². The summed E-state index contributed by atoms with van der Waals surface area (Å²) in [5.74, 6) is 0.456. The Labute approximate surface area is 173 Å². The molecule has 0 saturated carbocycles. The van der Waals surface area contributed by atoms with Gasteiger partial charge in [-0.15, -0.1) is 0 Å². The van der Waals surface area contributed by atoms with Gasteiger partial charge in [-0.25, -0.2) is 19.7 Å². The molecule has 1 atom stereocenters. The number of nitrogens with zero attached hydrogens (tertiary/aromatic N) is 3. The molecular weight excluding hydrogens is 386 g/mol. The fraction of sp³-hybridized carbons (Fsp3) is 0.182. The van der Waals surface area contributed by atoms with Gasteiger partial charge >= 0.3 is 5.97 Å². The molecular formula is C22H21N3O5. The van der Waals surface area contributed by atoms with Gasteiger partial charge in [0.05, 0.1) is 5.56 Å². The fourth-order valence-corrected chi connectivity index (χ4v) is 2.65. The average molecular weight is 407 g/mol. The number of benzene rings is 2. The zero-order chi connectivity index (χ0) is 21.5. The Morgan fingerprint density at radius 2 is 1.87 bits per heavy atom. The maximum absolute atomic E-state index is 11.0. The minimum Gasteiger partial charge on any atom is -0.507 e. The van der Waals surface area contributed by atoms with Gasteiger partial charge in [-0.3, -0.25) is 0 Å². The van der Waals surface area contributed by atoms with Crippen molar-refractivity contribution < 1.29 is 24.5 Å². The van der Waals surface area contributed by atoms with Gasteiger partial charge in [0.25, 0.3) is 0 Å². The molecule has 0 aliphatic rings. The molecule has 0 saturated heterocycles. The minimum atomic E-state index is -1.02. The number of ether oxygens (including phenoxy) is 2. The molecule has 1 heterocycles. The van der Waals surface area contributed by atoms with Gasteiger partial charge in [0.2, 0.25) is 0 Å². The van der Waals surface area contributed by atoms with Gasteiger partial charge in [-0.1, -0.05) is 30.8 Å². The van der Waals surface area contributed by atoms with Crippen LogP contribution in [0.1, 0.15) is 5.56 Å². The fourth-order valence-electron chi connectivity index (χ4n) is 2.65. The molecule has 2 aromatic carbocycles. The highest BCUT2D eigenvalue weighted by molar-refractivity contribution is 5.81. The first kappa shape index (κ1) is 20.9. The molecule has 8 nitrogen and oxygen atoms in total. The second-order valence-corrected chi connectivity index (χ2v) is 6.43. The van der Waals surface area contributed by atoms with Crippen molar-refractivity contribution in [3.05, 3.63) is 67.0 Å². The maximum atomic E-state index is 11.0. The molecule has 0 spiro atoms. The van der Waals surface area contributed by atoms with Crippen molar-refractivity contribution in [1.82, 2.24) is 15.0 Å². The third-order valence-electron chi connectivity index (χ3n) is 4.19. The molecule has 0 aliphatic carbocycles. The topological polar surface area (TPSA) is 115 Å². The van der Waals surface area contributed by atoms with Gasteiger partial charge < -0.3 is 19.7 Å². The maximum Gasteiger partial charge on any atom is 0.330 e. The number of phenolic OH excluding ortho intramolecular Hbond substituents is 1. The Kier molecular flexibility index (Phi) is 6.71. The number of aromatic hydroxyl groups is 1. The Hall–Kier alpha value is -3.78. The van der Waals surface area contributed by atoms with Crippen LogP contribution in [-0.4, -0.2) is 50.5 Å². The lowest BCUT2D eigenvalue weighted by atomic mass is 10.1. The van der Waals surface area contributed by atoms with Crippen LogP contribution in [0.25, 0.3) is 22.8 Å². The Balaban J connectivity index is 1.71. The van der Waals surface area contributed by atoms with Crippen molar-refractivity contribution in [2.24, 2.45) is 0 Å². The van der Waals surface area contributed by atoms with Crippen molar-refractivity contribution in [3.63, 3.8) is 0 Å². The van der Waals surface area contributed by atoms with Crippen LogP contribution in [0.15, 0.2) is 61.4 Å². The molecule has 0 amide bonds. The number of hydrogen-bond acceptors (Lipinski definition) is 8. The number of aromatic nitrogens is 3. The Bertz CT molecular complexity index is 1050. The van der Waals surface area contributed by atoms with Crippen molar-refractivity contribution in [1.29, 1.82) is 0 Å². The highest BCUT2D eigenvalue weighted by atomic mass is 16.5. The quantitative estimate of drug-likeness (QED) is 0.433. The van der Waals surface area contributed by atoms with E-state index < -0.39 is 12.1 Å². The lowest BCUT2D eigenvalue weighted by molar-refractivity contribution is -0.141. The normalized spacial score (nSPS) is 11.5. The van der Waals surface area contributed by atoms with Crippen molar-refractivity contribution in [2.75, 3.05) is 13.2 Å². The summed E-state index contributed by atoms with van der Waals surface area (Å²) < 4.78 is 10.2. The van der Waals surface area contributed by atoms with Crippen LogP contribution in [-0.2, 0) is 9.53 Å². The van der Waals surface area contributed by atoms with E-state index in [2.05, 4.69) is 21.5 Å². The Morgan fingerprint density at radius 3 is 2.57 bits per heavy atom. The summed E-state index contributed by atoms with van der Waals surface area (Å²) in [7, 11) is 0. The number of hydrogen-bond donors (Lipinski definition) is 2. The van der Waals surface area contributed by atoms with E-state index in [-0.39, 0.29) is 19.0 Å². The number of aliphatic hydroxyl groups excluding tert-OH is 1. The Morgan fingerprint density at radius 1 is 1.13 bits per heavy atom. The monoisotopic (exact) mass is 407 g/mol. The standard InChI is InChI=1S/C22H21N3O5/c1-3-20(28)30-12-15(26)11-29-16-8-9-18(19(27)10-16)22-24-13-23-21(25-22)17-7-5-4-6-14(17)2/h3-10,13,15,26-27H,1,11-12H2,2H3. The summed E-state index contributed by atoms with van der Waals surface area (Å²) in [6.07, 6.45) is 1.39. The van der Waals surface area contributed by atoms with Crippen molar-refractivity contribution >= 4 is 5.97 Å². The summed E-state index contributed by atoms with van der Waals surface area (Å²) in [6, 6.07) is 12.4. The molecule has 3 rings (SSSR count). The first-order valence-corrected chi connectivity index (χ1v) is 9.16. The largest absolute Gasteiger partial charge is 0.507 e. The highest BCUT2D eigenvalue weighted by Gasteiger charge is 2.13. The highest BCUT2D eigenvalue weighted by Crippen LogP contribution is 2.31. The van der Waals surface area contributed by atoms with Gasteiger partial charge in [0.1, 0.15) is 37.1 Å². The first-order chi connectivity index (χ1) is 14.5. The molecule has 8 heteroatoms. The van der Waals surface area contributed by atoms with Crippen LogP contribution >= 0.6 is 0 Å². The average Bonchev–Trinajstić information content (AvgIpc) is 2.76. The van der Waals surface area contributed by atoms with E-state index >= 15 is 0 Å². The number of esters is 1. The predicted octanol–water partition coefficient (Wildman–Crippen LogP) is 2.69. The molecule has 0 radical (unpaired) electrons. The van der Waals surface area contributed by atoms with Crippen LogP contribution < -0.4 is 4.74 Å². The van der Waals surface area contributed by atoms with Crippen molar-refractivity contribution in [3.8, 4) is 34.3 Å². The molecule has 30 heavy (non-hydrogen) atoms. The predicted molar refractivity (Wildman–Crippen MR) is 110 cm³/mol. The zero-order valence-corrected chi connectivity index (χ0v) is 16.4. The molecule has 3 aromatic rings. The zero-order valence-electron chi connectivity index (χ0n) is 16.4. The summed E-state index contributed by atoms with van der Waals surface area (Å²) in [4.78, 5) is 23.9. The van der Waals surface area contributed by atoms with E-state index in [9.17, 15) is 15.0 Å². The van der Waals surface area contributed by atoms with E-state index in [0.717, 1.165) is 17.2 Å². The molecule has 1 aromatic heterocycles. The van der Waals surface area contributed by atoms with Gasteiger partial charge in [-0.2, -0.15) is 0 Å². The van der Waals surface area contributed by atoms with Gasteiger partial charge in [-0.05, 0) is 24.6 Å².